The molecule has 0 aliphatic rings. The summed E-state index contributed by atoms with van der Waals surface area (Å²) < 4.78 is 11.9. The monoisotopic (exact) mass is 505 g/mol. The van der Waals surface area contributed by atoms with Gasteiger partial charge in [0.15, 0.2) is 5.60 Å². The zero-order valence-corrected chi connectivity index (χ0v) is 22.1. The maximum atomic E-state index is 11.6. The van der Waals surface area contributed by atoms with E-state index < -0.39 is 11.6 Å². The predicted molar refractivity (Wildman–Crippen MR) is 140 cm³/mol. The lowest BCUT2D eigenvalue weighted by Gasteiger charge is -2.25. The highest BCUT2D eigenvalue weighted by atomic mass is 32.1. The largest absolute Gasteiger partial charge is 0.478 e. The van der Waals surface area contributed by atoms with Crippen LogP contribution in [0.1, 0.15) is 47.0 Å². The number of carbonyl (C=O) groups is 1. The van der Waals surface area contributed by atoms with Gasteiger partial charge in [-0.1, -0.05) is 30.3 Å². The van der Waals surface area contributed by atoms with Gasteiger partial charge in [0.05, 0.1) is 12.2 Å². The molecule has 1 N–H and O–H groups in total. The van der Waals surface area contributed by atoms with Crippen molar-refractivity contribution >= 4 is 17.3 Å². The first-order valence-corrected chi connectivity index (χ1v) is 12.7. The smallest absolute Gasteiger partial charge is 0.347 e. The number of benzene rings is 2. The maximum absolute atomic E-state index is 11.6. The number of aliphatic carboxylic acids is 1. The fourth-order valence-electron chi connectivity index (χ4n) is 4.03. The van der Waals surface area contributed by atoms with Crippen molar-refractivity contribution in [2.45, 2.75) is 59.9 Å². The maximum Gasteiger partial charge on any atom is 0.347 e. The zero-order chi connectivity index (χ0) is 25.9. The van der Waals surface area contributed by atoms with Crippen LogP contribution in [0.25, 0.3) is 11.5 Å². The molecule has 0 fully saturated rings. The summed E-state index contributed by atoms with van der Waals surface area (Å²) in [7, 11) is 0. The summed E-state index contributed by atoms with van der Waals surface area (Å²) in [5.74, 6) is 1.02. The molecule has 2 aromatic heterocycles. The summed E-state index contributed by atoms with van der Waals surface area (Å²) in [5, 5.41) is 12.5. The SMILES string of the molecule is Cc1cc(CN(Cc2nccs2)Cc2nc(-c3ccccc3)oc2C)cc(C)c1OC(C)(C)C(=O)O. The Bertz CT molecular complexity index is 1310. The normalized spacial score (nSPS) is 11.7. The molecule has 7 nitrogen and oxygen atoms in total. The lowest BCUT2D eigenvalue weighted by atomic mass is 10.0. The first-order chi connectivity index (χ1) is 17.1. The van der Waals surface area contributed by atoms with E-state index in [9.17, 15) is 9.90 Å². The summed E-state index contributed by atoms with van der Waals surface area (Å²) in [6.45, 7) is 10.9. The average Bonchev–Trinajstić information content (AvgIpc) is 3.46. The van der Waals surface area contributed by atoms with Crippen molar-refractivity contribution < 1.29 is 19.1 Å². The van der Waals surface area contributed by atoms with E-state index in [1.807, 2.05) is 62.7 Å². The Balaban J connectivity index is 1.59. The van der Waals surface area contributed by atoms with Gasteiger partial charge in [-0.3, -0.25) is 4.90 Å². The molecule has 4 aromatic rings. The van der Waals surface area contributed by atoms with Crippen LogP contribution < -0.4 is 4.74 Å². The van der Waals surface area contributed by atoms with Gasteiger partial charge >= 0.3 is 5.97 Å². The molecule has 8 heteroatoms. The molecule has 36 heavy (non-hydrogen) atoms. The first-order valence-electron chi connectivity index (χ1n) is 11.8. The highest BCUT2D eigenvalue weighted by Gasteiger charge is 2.30. The minimum Gasteiger partial charge on any atom is -0.478 e. The van der Waals surface area contributed by atoms with Gasteiger partial charge < -0.3 is 14.3 Å². The van der Waals surface area contributed by atoms with Crippen LogP contribution >= 0.6 is 11.3 Å². The Morgan fingerprint density at radius 3 is 2.39 bits per heavy atom. The quantitative estimate of drug-likeness (QED) is 0.276. The molecule has 0 saturated heterocycles. The van der Waals surface area contributed by atoms with Crippen molar-refractivity contribution in [2.75, 3.05) is 0 Å². The predicted octanol–water partition coefficient (Wildman–Crippen LogP) is 6.17. The Labute approximate surface area is 215 Å². The van der Waals surface area contributed by atoms with Crippen molar-refractivity contribution in [1.29, 1.82) is 0 Å². The standard InChI is InChI=1S/C28H31N3O4S/c1-18-13-21(14-19(2)25(18)35-28(4,5)27(32)33)15-31(17-24-29-11-12-36-24)16-23-20(3)34-26(30-23)22-9-7-6-8-10-22/h6-14H,15-17H2,1-5H3,(H,32,33). The third kappa shape index (κ3) is 6.01. The van der Waals surface area contributed by atoms with Crippen molar-refractivity contribution in [1.82, 2.24) is 14.9 Å². The summed E-state index contributed by atoms with van der Waals surface area (Å²) in [6, 6.07) is 14.0. The highest BCUT2D eigenvalue weighted by molar-refractivity contribution is 7.09. The van der Waals surface area contributed by atoms with Crippen LogP contribution in [-0.4, -0.2) is 31.5 Å². The molecule has 0 aliphatic heterocycles. The van der Waals surface area contributed by atoms with Crippen molar-refractivity contribution in [3.63, 3.8) is 0 Å². The van der Waals surface area contributed by atoms with E-state index in [0.717, 1.165) is 38.7 Å². The fourth-order valence-corrected chi connectivity index (χ4v) is 4.69. The van der Waals surface area contributed by atoms with Crippen LogP contribution in [0.5, 0.6) is 5.75 Å². The molecule has 2 aromatic carbocycles. The molecular weight excluding hydrogens is 474 g/mol. The lowest BCUT2D eigenvalue weighted by Crippen LogP contribution is -2.38. The van der Waals surface area contributed by atoms with E-state index >= 15 is 0 Å². The van der Waals surface area contributed by atoms with Crippen molar-refractivity contribution in [3.05, 3.63) is 87.2 Å². The summed E-state index contributed by atoms with van der Waals surface area (Å²) in [4.78, 5) is 23.1. The molecule has 0 unspecified atom stereocenters. The first kappa shape index (κ1) is 25.6. The van der Waals surface area contributed by atoms with Crippen molar-refractivity contribution in [3.8, 4) is 17.2 Å². The van der Waals surface area contributed by atoms with E-state index in [2.05, 4.69) is 22.0 Å². The Kier molecular flexibility index (Phi) is 7.56. The van der Waals surface area contributed by atoms with Gasteiger partial charge in [-0.05, 0) is 63.4 Å². The Hall–Kier alpha value is -3.49. The van der Waals surface area contributed by atoms with Crippen LogP contribution in [0.4, 0.5) is 0 Å². The minimum absolute atomic E-state index is 0.601. The summed E-state index contributed by atoms with van der Waals surface area (Å²) >= 11 is 1.62. The average molecular weight is 506 g/mol. The number of rotatable bonds is 10. The van der Waals surface area contributed by atoms with E-state index in [4.69, 9.17) is 14.1 Å². The van der Waals surface area contributed by atoms with Gasteiger partial charge in [0.2, 0.25) is 5.89 Å². The third-order valence-electron chi connectivity index (χ3n) is 5.93. The van der Waals surface area contributed by atoms with E-state index in [-0.39, 0.29) is 0 Å². The molecule has 4 rings (SSSR count). The molecule has 0 aliphatic carbocycles. The fraction of sp³-hybridized carbons (Fsp3) is 0.321. The number of ether oxygens (including phenoxy) is 1. The minimum atomic E-state index is -1.31. The summed E-state index contributed by atoms with van der Waals surface area (Å²) in [5.41, 5.74) is 3.43. The molecule has 0 spiro atoms. The van der Waals surface area contributed by atoms with Gasteiger partial charge in [-0.2, -0.15) is 0 Å². The molecule has 2 heterocycles. The summed E-state index contributed by atoms with van der Waals surface area (Å²) in [6.07, 6.45) is 1.82. The molecule has 188 valence electrons. The van der Waals surface area contributed by atoms with E-state index in [1.54, 1.807) is 25.2 Å². The van der Waals surface area contributed by atoms with Crippen LogP contribution in [0.3, 0.4) is 0 Å². The van der Waals surface area contributed by atoms with Crippen LogP contribution in [0.15, 0.2) is 58.5 Å². The third-order valence-corrected chi connectivity index (χ3v) is 6.69. The molecule has 0 atom stereocenters. The van der Waals surface area contributed by atoms with Gasteiger partial charge in [0, 0.05) is 30.2 Å². The van der Waals surface area contributed by atoms with Crippen molar-refractivity contribution in [2.24, 2.45) is 0 Å². The van der Waals surface area contributed by atoms with Crippen LogP contribution in [0.2, 0.25) is 0 Å². The number of oxazole rings is 1. The highest BCUT2D eigenvalue weighted by Crippen LogP contribution is 2.30. The molecule has 0 amide bonds. The topological polar surface area (TPSA) is 88.7 Å². The second-order valence-electron chi connectivity index (χ2n) is 9.44. The Morgan fingerprint density at radius 1 is 1.08 bits per heavy atom. The number of thiazole rings is 1. The number of aromatic nitrogens is 2. The van der Waals surface area contributed by atoms with E-state index in [0.29, 0.717) is 31.3 Å². The number of carboxylic acid groups (broad SMARTS) is 1. The van der Waals surface area contributed by atoms with E-state index in [1.165, 1.54) is 0 Å². The second kappa shape index (κ2) is 10.6. The number of carboxylic acids is 1. The number of hydrogen-bond acceptors (Lipinski definition) is 7. The van der Waals surface area contributed by atoms with Gasteiger partial charge in [-0.15, -0.1) is 11.3 Å². The molecular formula is C28H31N3O4S. The molecule has 0 radical (unpaired) electrons. The number of aryl methyl sites for hydroxylation is 3. The molecule has 0 saturated carbocycles. The Morgan fingerprint density at radius 2 is 1.78 bits per heavy atom. The van der Waals surface area contributed by atoms with Gasteiger partial charge in [0.25, 0.3) is 0 Å². The number of hydrogen-bond donors (Lipinski definition) is 1. The van der Waals surface area contributed by atoms with Crippen LogP contribution in [-0.2, 0) is 24.4 Å². The lowest BCUT2D eigenvalue weighted by molar-refractivity contribution is -0.152. The van der Waals surface area contributed by atoms with Gasteiger partial charge in [0.1, 0.15) is 16.5 Å². The number of nitrogens with zero attached hydrogens (tertiary/aromatic N) is 3. The second-order valence-corrected chi connectivity index (χ2v) is 10.4. The van der Waals surface area contributed by atoms with Crippen LogP contribution in [0, 0.1) is 20.8 Å². The van der Waals surface area contributed by atoms with Gasteiger partial charge in [-0.25, -0.2) is 14.8 Å². The molecule has 0 bridgehead atoms. The zero-order valence-electron chi connectivity index (χ0n) is 21.2.